The molecule has 2 aromatic carbocycles. The Bertz CT molecular complexity index is 555. The maximum atomic E-state index is 6.06. The van der Waals surface area contributed by atoms with E-state index in [2.05, 4.69) is 45.0 Å². The first-order chi connectivity index (χ1) is 9.50. The molecule has 1 nitrogen and oxygen atoms in total. The highest BCUT2D eigenvalue weighted by molar-refractivity contribution is 6.17. The third-order valence-corrected chi connectivity index (χ3v) is 3.60. The number of benzene rings is 2. The first-order valence-corrected chi connectivity index (χ1v) is 7.40. The van der Waals surface area contributed by atoms with Gasteiger partial charge in [0.2, 0.25) is 0 Å². The lowest BCUT2D eigenvalue weighted by Crippen LogP contribution is -2.11. The lowest BCUT2D eigenvalue weighted by Gasteiger charge is -2.21. The standard InChI is InChI=1S/C18H21ClO/c1-18(2,3)16-9-10-17(15(11-16)12-19)20-13-14-7-5-4-6-8-14/h4-11H,12-13H2,1-3H3. The summed E-state index contributed by atoms with van der Waals surface area (Å²) < 4.78 is 5.90. The molecule has 0 atom stereocenters. The normalized spacial score (nSPS) is 11.4. The van der Waals surface area contributed by atoms with Crippen molar-refractivity contribution in [2.75, 3.05) is 0 Å². The van der Waals surface area contributed by atoms with Crippen LogP contribution in [0.2, 0.25) is 0 Å². The summed E-state index contributed by atoms with van der Waals surface area (Å²) in [5.41, 5.74) is 3.61. The van der Waals surface area contributed by atoms with Crippen LogP contribution in [0.3, 0.4) is 0 Å². The average Bonchev–Trinajstić information content (AvgIpc) is 2.45. The summed E-state index contributed by atoms with van der Waals surface area (Å²) in [5.74, 6) is 1.34. The summed E-state index contributed by atoms with van der Waals surface area (Å²) in [6, 6.07) is 16.5. The summed E-state index contributed by atoms with van der Waals surface area (Å²) in [6.45, 7) is 7.17. The molecule has 2 heteroatoms. The molecule has 0 heterocycles. The molecule has 0 fully saturated rings. The van der Waals surface area contributed by atoms with Crippen molar-refractivity contribution >= 4 is 11.6 Å². The number of rotatable bonds is 4. The molecule has 106 valence electrons. The van der Waals surface area contributed by atoms with Crippen LogP contribution in [0.5, 0.6) is 5.75 Å². The van der Waals surface area contributed by atoms with E-state index in [0.717, 1.165) is 16.9 Å². The summed E-state index contributed by atoms with van der Waals surface area (Å²) >= 11 is 6.06. The third kappa shape index (κ3) is 3.77. The van der Waals surface area contributed by atoms with Gasteiger partial charge in [-0.2, -0.15) is 0 Å². The van der Waals surface area contributed by atoms with Crippen molar-refractivity contribution in [2.45, 2.75) is 38.7 Å². The van der Waals surface area contributed by atoms with Gasteiger partial charge in [0.15, 0.2) is 0 Å². The zero-order valence-electron chi connectivity index (χ0n) is 12.3. The van der Waals surface area contributed by atoms with Crippen molar-refractivity contribution in [1.29, 1.82) is 0 Å². The molecule has 0 saturated heterocycles. The molecule has 0 spiro atoms. The number of hydrogen-bond acceptors (Lipinski definition) is 1. The van der Waals surface area contributed by atoms with E-state index in [4.69, 9.17) is 16.3 Å². The van der Waals surface area contributed by atoms with Crippen LogP contribution < -0.4 is 4.74 Å². The molecule has 0 amide bonds. The Labute approximate surface area is 126 Å². The second kappa shape index (κ2) is 6.32. The lowest BCUT2D eigenvalue weighted by atomic mass is 9.86. The Morgan fingerprint density at radius 3 is 2.30 bits per heavy atom. The first kappa shape index (κ1) is 14.9. The van der Waals surface area contributed by atoms with Gasteiger partial charge < -0.3 is 4.74 Å². The van der Waals surface area contributed by atoms with Gasteiger partial charge in [0.1, 0.15) is 12.4 Å². The average molecular weight is 289 g/mol. The van der Waals surface area contributed by atoms with Crippen LogP contribution in [0.1, 0.15) is 37.5 Å². The predicted molar refractivity (Wildman–Crippen MR) is 85.5 cm³/mol. The molecule has 0 aliphatic heterocycles. The van der Waals surface area contributed by atoms with Gasteiger partial charge in [0.05, 0.1) is 5.88 Å². The van der Waals surface area contributed by atoms with E-state index in [1.54, 1.807) is 0 Å². The summed E-state index contributed by atoms with van der Waals surface area (Å²) in [5, 5.41) is 0. The van der Waals surface area contributed by atoms with E-state index in [0.29, 0.717) is 12.5 Å². The quantitative estimate of drug-likeness (QED) is 0.694. The Morgan fingerprint density at radius 2 is 1.70 bits per heavy atom. The number of halogens is 1. The third-order valence-electron chi connectivity index (χ3n) is 3.31. The Kier molecular flexibility index (Phi) is 4.72. The zero-order valence-corrected chi connectivity index (χ0v) is 13.1. The molecule has 20 heavy (non-hydrogen) atoms. The van der Waals surface area contributed by atoms with Gasteiger partial charge in [-0.05, 0) is 22.6 Å². The van der Waals surface area contributed by atoms with E-state index >= 15 is 0 Å². The van der Waals surface area contributed by atoms with Crippen LogP contribution in [-0.2, 0) is 17.9 Å². The highest BCUT2D eigenvalue weighted by Gasteiger charge is 2.15. The fourth-order valence-electron chi connectivity index (χ4n) is 2.03. The number of alkyl halides is 1. The monoisotopic (exact) mass is 288 g/mol. The summed E-state index contributed by atoms with van der Waals surface area (Å²) in [7, 11) is 0. The predicted octanol–water partition coefficient (Wildman–Crippen LogP) is 5.30. The zero-order chi connectivity index (χ0) is 14.6. The van der Waals surface area contributed by atoms with Gasteiger partial charge in [-0.25, -0.2) is 0 Å². The minimum Gasteiger partial charge on any atom is -0.489 e. The molecule has 0 aliphatic carbocycles. The molecule has 0 saturated carbocycles. The fourth-order valence-corrected chi connectivity index (χ4v) is 2.24. The van der Waals surface area contributed by atoms with E-state index in [1.165, 1.54) is 5.56 Å². The smallest absolute Gasteiger partial charge is 0.124 e. The van der Waals surface area contributed by atoms with Crippen molar-refractivity contribution < 1.29 is 4.74 Å². The number of ether oxygens (including phenoxy) is 1. The van der Waals surface area contributed by atoms with Gasteiger partial charge in [0.25, 0.3) is 0 Å². The molecule has 0 N–H and O–H groups in total. The minimum atomic E-state index is 0.124. The van der Waals surface area contributed by atoms with Gasteiger partial charge in [-0.1, -0.05) is 63.2 Å². The van der Waals surface area contributed by atoms with Gasteiger partial charge in [-0.3, -0.25) is 0 Å². The summed E-state index contributed by atoms with van der Waals surface area (Å²) in [6.07, 6.45) is 0. The Morgan fingerprint density at radius 1 is 1.00 bits per heavy atom. The van der Waals surface area contributed by atoms with Crippen molar-refractivity contribution in [3.05, 3.63) is 65.2 Å². The largest absolute Gasteiger partial charge is 0.489 e. The van der Waals surface area contributed by atoms with E-state index in [-0.39, 0.29) is 5.41 Å². The highest BCUT2D eigenvalue weighted by Crippen LogP contribution is 2.29. The molecule has 0 aliphatic rings. The van der Waals surface area contributed by atoms with Crippen molar-refractivity contribution in [3.8, 4) is 5.75 Å². The van der Waals surface area contributed by atoms with Gasteiger partial charge in [-0.15, -0.1) is 11.6 Å². The maximum Gasteiger partial charge on any atom is 0.124 e. The highest BCUT2D eigenvalue weighted by atomic mass is 35.5. The lowest BCUT2D eigenvalue weighted by molar-refractivity contribution is 0.303. The first-order valence-electron chi connectivity index (χ1n) is 6.87. The molecular formula is C18H21ClO. The second-order valence-corrected chi connectivity index (χ2v) is 6.25. The minimum absolute atomic E-state index is 0.124. The van der Waals surface area contributed by atoms with Crippen LogP contribution in [0.4, 0.5) is 0 Å². The van der Waals surface area contributed by atoms with Crippen molar-refractivity contribution in [2.24, 2.45) is 0 Å². The molecule has 0 unspecified atom stereocenters. The molecular weight excluding hydrogens is 268 g/mol. The molecule has 2 rings (SSSR count). The SMILES string of the molecule is CC(C)(C)c1ccc(OCc2ccccc2)c(CCl)c1. The van der Waals surface area contributed by atoms with Gasteiger partial charge in [0, 0.05) is 5.56 Å². The molecule has 0 aromatic heterocycles. The van der Waals surface area contributed by atoms with Crippen LogP contribution in [0, 0.1) is 0 Å². The maximum absolute atomic E-state index is 6.06. The van der Waals surface area contributed by atoms with Crippen LogP contribution in [-0.4, -0.2) is 0 Å². The van der Waals surface area contributed by atoms with Crippen molar-refractivity contribution in [3.63, 3.8) is 0 Å². The fraction of sp³-hybridized carbons (Fsp3) is 0.333. The Balaban J connectivity index is 2.16. The molecule has 0 bridgehead atoms. The van der Waals surface area contributed by atoms with Gasteiger partial charge >= 0.3 is 0 Å². The number of hydrogen-bond donors (Lipinski definition) is 0. The van der Waals surface area contributed by atoms with Crippen molar-refractivity contribution in [1.82, 2.24) is 0 Å². The van der Waals surface area contributed by atoms with Crippen LogP contribution >= 0.6 is 11.6 Å². The van der Waals surface area contributed by atoms with E-state index in [9.17, 15) is 0 Å². The second-order valence-electron chi connectivity index (χ2n) is 5.98. The van der Waals surface area contributed by atoms with Crippen LogP contribution in [0.25, 0.3) is 0 Å². The molecule has 2 aromatic rings. The molecule has 0 radical (unpaired) electrons. The van der Waals surface area contributed by atoms with Crippen LogP contribution in [0.15, 0.2) is 48.5 Å². The van der Waals surface area contributed by atoms with E-state index < -0.39 is 0 Å². The van der Waals surface area contributed by atoms with E-state index in [1.807, 2.05) is 24.3 Å². The topological polar surface area (TPSA) is 9.23 Å². The summed E-state index contributed by atoms with van der Waals surface area (Å²) in [4.78, 5) is 0. The Hall–Kier alpha value is -1.47.